The van der Waals surface area contributed by atoms with Gasteiger partial charge >= 0.3 is 0 Å². The minimum Gasteiger partial charge on any atom is -0.457 e. The molecule has 0 aromatic heterocycles. The molecule has 0 fully saturated rings. The summed E-state index contributed by atoms with van der Waals surface area (Å²) < 4.78 is 5.74. The van der Waals surface area contributed by atoms with E-state index in [4.69, 9.17) is 4.74 Å². The molecule has 0 saturated carbocycles. The SMILES string of the molecule is O=C(Nc1ccccc1)c1cccc(Oc2ccccc2)c1. The van der Waals surface area contributed by atoms with E-state index in [0.29, 0.717) is 11.3 Å². The molecule has 0 aliphatic heterocycles. The second-order valence-corrected chi connectivity index (χ2v) is 4.76. The molecule has 3 aromatic carbocycles. The monoisotopic (exact) mass is 289 g/mol. The van der Waals surface area contributed by atoms with Gasteiger partial charge in [-0.3, -0.25) is 4.79 Å². The fourth-order valence-corrected chi connectivity index (χ4v) is 2.05. The summed E-state index contributed by atoms with van der Waals surface area (Å²) in [4.78, 5) is 12.3. The van der Waals surface area contributed by atoms with Crippen molar-refractivity contribution in [2.75, 3.05) is 5.32 Å². The third-order valence-corrected chi connectivity index (χ3v) is 3.11. The third-order valence-electron chi connectivity index (χ3n) is 3.11. The van der Waals surface area contributed by atoms with E-state index in [9.17, 15) is 4.79 Å². The Kier molecular flexibility index (Phi) is 4.16. The quantitative estimate of drug-likeness (QED) is 0.754. The van der Waals surface area contributed by atoms with Crippen LogP contribution >= 0.6 is 0 Å². The van der Waals surface area contributed by atoms with Gasteiger partial charge in [-0.2, -0.15) is 0 Å². The highest BCUT2D eigenvalue weighted by Gasteiger charge is 2.07. The van der Waals surface area contributed by atoms with Gasteiger partial charge in [-0.05, 0) is 42.5 Å². The molecule has 0 aliphatic rings. The summed E-state index contributed by atoms with van der Waals surface area (Å²) in [7, 11) is 0. The van der Waals surface area contributed by atoms with E-state index >= 15 is 0 Å². The van der Waals surface area contributed by atoms with E-state index in [0.717, 1.165) is 11.4 Å². The maximum Gasteiger partial charge on any atom is 0.255 e. The first-order chi connectivity index (χ1) is 10.8. The van der Waals surface area contributed by atoms with Gasteiger partial charge in [0.2, 0.25) is 0 Å². The van der Waals surface area contributed by atoms with Gasteiger partial charge in [-0.25, -0.2) is 0 Å². The van der Waals surface area contributed by atoms with Gasteiger partial charge in [-0.15, -0.1) is 0 Å². The lowest BCUT2D eigenvalue weighted by Gasteiger charge is -2.08. The third kappa shape index (κ3) is 3.52. The van der Waals surface area contributed by atoms with E-state index < -0.39 is 0 Å². The number of ether oxygens (including phenoxy) is 1. The summed E-state index contributed by atoms with van der Waals surface area (Å²) in [6, 6.07) is 26.0. The Bertz CT molecular complexity index is 755. The van der Waals surface area contributed by atoms with Crippen LogP contribution in [0.5, 0.6) is 11.5 Å². The Balaban J connectivity index is 1.75. The first-order valence-corrected chi connectivity index (χ1v) is 7.01. The van der Waals surface area contributed by atoms with Gasteiger partial charge in [0.25, 0.3) is 5.91 Å². The van der Waals surface area contributed by atoms with E-state index in [1.807, 2.05) is 66.7 Å². The lowest BCUT2D eigenvalue weighted by Crippen LogP contribution is -2.11. The number of carbonyl (C=O) groups excluding carboxylic acids is 1. The molecule has 0 saturated heterocycles. The minimum absolute atomic E-state index is 0.162. The normalized spacial score (nSPS) is 10.0. The maximum absolute atomic E-state index is 12.3. The molecule has 3 aromatic rings. The fraction of sp³-hybridized carbons (Fsp3) is 0. The lowest BCUT2D eigenvalue weighted by atomic mass is 10.2. The maximum atomic E-state index is 12.3. The van der Waals surface area contributed by atoms with Crippen molar-refractivity contribution >= 4 is 11.6 Å². The van der Waals surface area contributed by atoms with Crippen molar-refractivity contribution < 1.29 is 9.53 Å². The molecule has 0 bridgehead atoms. The van der Waals surface area contributed by atoms with Crippen molar-refractivity contribution in [1.82, 2.24) is 0 Å². The molecule has 0 unspecified atom stereocenters. The molecule has 1 amide bonds. The van der Waals surface area contributed by atoms with Gasteiger partial charge < -0.3 is 10.1 Å². The van der Waals surface area contributed by atoms with E-state index in [2.05, 4.69) is 5.32 Å². The predicted molar refractivity (Wildman–Crippen MR) is 87.4 cm³/mol. The Morgan fingerprint density at radius 2 is 1.36 bits per heavy atom. The van der Waals surface area contributed by atoms with Gasteiger partial charge in [0.1, 0.15) is 11.5 Å². The Morgan fingerprint density at radius 1 is 0.727 bits per heavy atom. The molecule has 108 valence electrons. The van der Waals surface area contributed by atoms with Crippen LogP contribution in [-0.2, 0) is 0 Å². The first kappa shape index (κ1) is 13.9. The van der Waals surface area contributed by atoms with Crippen molar-refractivity contribution in [2.45, 2.75) is 0 Å². The highest BCUT2D eigenvalue weighted by molar-refractivity contribution is 6.04. The van der Waals surface area contributed by atoms with Crippen LogP contribution in [0.1, 0.15) is 10.4 Å². The molecule has 22 heavy (non-hydrogen) atoms. The summed E-state index contributed by atoms with van der Waals surface area (Å²) in [5.74, 6) is 1.21. The van der Waals surface area contributed by atoms with Crippen LogP contribution < -0.4 is 10.1 Å². The number of nitrogens with one attached hydrogen (secondary N) is 1. The van der Waals surface area contributed by atoms with Gasteiger partial charge in [0.15, 0.2) is 0 Å². The zero-order chi connectivity index (χ0) is 15.2. The van der Waals surface area contributed by atoms with Crippen LogP contribution in [0.25, 0.3) is 0 Å². The first-order valence-electron chi connectivity index (χ1n) is 7.01. The molecule has 3 nitrogen and oxygen atoms in total. The number of anilines is 1. The average Bonchev–Trinajstić information content (AvgIpc) is 2.57. The van der Waals surface area contributed by atoms with Crippen LogP contribution in [0.15, 0.2) is 84.9 Å². The molecule has 0 spiro atoms. The Morgan fingerprint density at radius 3 is 2.09 bits per heavy atom. The van der Waals surface area contributed by atoms with E-state index in [1.54, 1.807) is 18.2 Å². The fourth-order valence-electron chi connectivity index (χ4n) is 2.05. The second kappa shape index (κ2) is 6.59. The van der Waals surface area contributed by atoms with Crippen molar-refractivity contribution in [1.29, 1.82) is 0 Å². The molecule has 3 heteroatoms. The van der Waals surface area contributed by atoms with Crippen LogP contribution in [0.3, 0.4) is 0 Å². The van der Waals surface area contributed by atoms with Crippen LogP contribution in [0, 0.1) is 0 Å². The number of hydrogen-bond donors (Lipinski definition) is 1. The smallest absolute Gasteiger partial charge is 0.255 e. The number of amides is 1. The van der Waals surface area contributed by atoms with Crippen LogP contribution in [0.4, 0.5) is 5.69 Å². The lowest BCUT2D eigenvalue weighted by molar-refractivity contribution is 0.102. The van der Waals surface area contributed by atoms with Crippen LogP contribution in [0.2, 0.25) is 0 Å². The van der Waals surface area contributed by atoms with E-state index in [1.165, 1.54) is 0 Å². The highest BCUT2D eigenvalue weighted by Crippen LogP contribution is 2.22. The highest BCUT2D eigenvalue weighted by atomic mass is 16.5. The predicted octanol–water partition coefficient (Wildman–Crippen LogP) is 4.73. The van der Waals surface area contributed by atoms with Gasteiger partial charge in [-0.1, -0.05) is 42.5 Å². The van der Waals surface area contributed by atoms with Gasteiger partial charge in [0.05, 0.1) is 0 Å². The summed E-state index contributed by atoms with van der Waals surface area (Å²) in [6.45, 7) is 0. The number of para-hydroxylation sites is 2. The molecule has 0 radical (unpaired) electrons. The molecular weight excluding hydrogens is 274 g/mol. The summed E-state index contributed by atoms with van der Waals surface area (Å²) in [6.07, 6.45) is 0. The number of hydrogen-bond acceptors (Lipinski definition) is 2. The number of carbonyl (C=O) groups is 1. The zero-order valence-electron chi connectivity index (χ0n) is 11.9. The van der Waals surface area contributed by atoms with Gasteiger partial charge in [0, 0.05) is 11.3 Å². The van der Waals surface area contributed by atoms with Crippen molar-refractivity contribution in [3.8, 4) is 11.5 Å². The molecule has 3 rings (SSSR count). The van der Waals surface area contributed by atoms with Crippen molar-refractivity contribution in [3.63, 3.8) is 0 Å². The van der Waals surface area contributed by atoms with Crippen molar-refractivity contribution in [2.24, 2.45) is 0 Å². The zero-order valence-corrected chi connectivity index (χ0v) is 11.9. The number of benzene rings is 3. The standard InChI is InChI=1S/C19H15NO2/c21-19(20-16-9-3-1-4-10-16)15-8-7-13-18(14-15)22-17-11-5-2-6-12-17/h1-14H,(H,20,21). The minimum atomic E-state index is -0.162. The van der Waals surface area contributed by atoms with E-state index in [-0.39, 0.29) is 5.91 Å². The second-order valence-electron chi connectivity index (χ2n) is 4.76. The topological polar surface area (TPSA) is 38.3 Å². The molecule has 1 N–H and O–H groups in total. The largest absolute Gasteiger partial charge is 0.457 e. The number of rotatable bonds is 4. The summed E-state index contributed by atoms with van der Waals surface area (Å²) >= 11 is 0. The molecule has 0 atom stereocenters. The summed E-state index contributed by atoms with van der Waals surface area (Å²) in [5.41, 5.74) is 1.32. The Hall–Kier alpha value is -3.07. The van der Waals surface area contributed by atoms with Crippen molar-refractivity contribution in [3.05, 3.63) is 90.5 Å². The molecule has 0 aliphatic carbocycles. The van der Waals surface area contributed by atoms with Crippen LogP contribution in [-0.4, -0.2) is 5.91 Å². The molecule has 0 heterocycles. The Labute approximate surface area is 129 Å². The molecular formula is C19H15NO2. The average molecular weight is 289 g/mol. The summed E-state index contributed by atoms with van der Waals surface area (Å²) in [5, 5.41) is 2.85.